The van der Waals surface area contributed by atoms with Crippen LogP contribution in [0.2, 0.25) is 0 Å². The largest absolute Gasteiger partial charge is 0.416 e. The van der Waals surface area contributed by atoms with Gasteiger partial charge in [-0.3, -0.25) is 19.6 Å². The molecule has 1 amide bonds. The lowest BCUT2D eigenvalue weighted by Gasteiger charge is -2.09. The van der Waals surface area contributed by atoms with Crippen LogP contribution in [-0.2, 0) is 24.1 Å². The van der Waals surface area contributed by atoms with Crippen LogP contribution in [0.15, 0.2) is 24.3 Å². The van der Waals surface area contributed by atoms with E-state index in [1.165, 1.54) is 30.7 Å². The summed E-state index contributed by atoms with van der Waals surface area (Å²) in [6.45, 7) is 2.78. The Morgan fingerprint density at radius 2 is 1.88 bits per heavy atom. The summed E-state index contributed by atoms with van der Waals surface area (Å²) in [5, 5.41) is 17.4. The molecule has 0 bridgehead atoms. The molecule has 10 heteroatoms. The van der Waals surface area contributed by atoms with E-state index in [1.807, 2.05) is 0 Å². The van der Waals surface area contributed by atoms with Crippen molar-refractivity contribution in [3.63, 3.8) is 0 Å². The third kappa shape index (κ3) is 4.34. The molecular weight excluding hydrogens is 341 g/mol. The van der Waals surface area contributed by atoms with E-state index in [1.54, 1.807) is 0 Å². The number of carbonyl (C=O) groups excluding carboxylic acids is 1. The predicted molar refractivity (Wildman–Crippen MR) is 81.6 cm³/mol. The molecule has 0 aliphatic rings. The van der Waals surface area contributed by atoms with Crippen LogP contribution in [0.5, 0.6) is 0 Å². The fourth-order valence-electron chi connectivity index (χ4n) is 2.31. The van der Waals surface area contributed by atoms with Crippen LogP contribution < -0.4 is 5.32 Å². The van der Waals surface area contributed by atoms with Gasteiger partial charge in [-0.15, -0.1) is 0 Å². The van der Waals surface area contributed by atoms with E-state index in [4.69, 9.17) is 0 Å². The van der Waals surface area contributed by atoms with Crippen LogP contribution in [0, 0.1) is 24.0 Å². The van der Waals surface area contributed by atoms with Gasteiger partial charge in [0.1, 0.15) is 17.9 Å². The number of hydrogen-bond donors (Lipinski definition) is 1. The summed E-state index contributed by atoms with van der Waals surface area (Å²) in [6.07, 6.45) is -4.41. The summed E-state index contributed by atoms with van der Waals surface area (Å²) in [6, 6.07) is 4.42. The Bertz CT molecular complexity index is 798. The maximum absolute atomic E-state index is 12.5. The monoisotopic (exact) mass is 356 g/mol. The van der Waals surface area contributed by atoms with Gasteiger partial charge in [0.15, 0.2) is 0 Å². The number of benzene rings is 1. The number of nitro groups is 1. The van der Waals surface area contributed by atoms with Gasteiger partial charge in [-0.1, -0.05) is 12.1 Å². The molecule has 0 aliphatic carbocycles. The molecule has 1 aromatic heterocycles. The molecule has 1 N–H and O–H groups in total. The second kappa shape index (κ2) is 6.91. The van der Waals surface area contributed by atoms with Crippen molar-refractivity contribution in [3.8, 4) is 0 Å². The number of amides is 1. The summed E-state index contributed by atoms with van der Waals surface area (Å²) in [4.78, 5) is 22.3. The molecule has 2 rings (SSSR count). The van der Waals surface area contributed by atoms with E-state index >= 15 is 0 Å². The van der Waals surface area contributed by atoms with Crippen LogP contribution in [-0.4, -0.2) is 20.6 Å². The van der Waals surface area contributed by atoms with Gasteiger partial charge in [0.25, 0.3) is 0 Å². The smallest absolute Gasteiger partial charge is 0.350 e. The van der Waals surface area contributed by atoms with E-state index in [-0.39, 0.29) is 30.2 Å². The molecule has 7 nitrogen and oxygen atoms in total. The summed E-state index contributed by atoms with van der Waals surface area (Å²) in [5.41, 5.74) is 0.0546. The first-order valence-corrected chi connectivity index (χ1v) is 7.21. The molecule has 0 spiro atoms. The average Bonchev–Trinajstić information content (AvgIpc) is 2.79. The Balaban J connectivity index is 1.97. The number of nitrogens with zero attached hydrogens (tertiary/aromatic N) is 3. The van der Waals surface area contributed by atoms with Gasteiger partial charge >= 0.3 is 11.9 Å². The SMILES string of the molecule is Cc1nn(CC(=O)NCc2ccc(C(F)(F)F)cc2)c(C)c1[N+](=O)[O-]. The number of hydrogen-bond acceptors (Lipinski definition) is 4. The number of carbonyl (C=O) groups is 1. The molecule has 0 atom stereocenters. The van der Waals surface area contributed by atoms with Crippen molar-refractivity contribution >= 4 is 11.6 Å². The molecule has 0 radical (unpaired) electrons. The minimum atomic E-state index is -4.41. The average molecular weight is 356 g/mol. The number of halogens is 3. The number of alkyl halides is 3. The highest BCUT2D eigenvalue weighted by Gasteiger charge is 2.29. The van der Waals surface area contributed by atoms with Crippen LogP contribution in [0.1, 0.15) is 22.5 Å². The second-order valence-corrected chi connectivity index (χ2v) is 5.41. The minimum absolute atomic E-state index is 0.0400. The van der Waals surface area contributed by atoms with Crippen molar-refractivity contribution in [3.05, 3.63) is 56.9 Å². The molecule has 0 fully saturated rings. The zero-order valence-corrected chi connectivity index (χ0v) is 13.4. The topological polar surface area (TPSA) is 90.1 Å². The molecule has 2 aromatic rings. The number of nitrogens with one attached hydrogen (secondary N) is 1. The first kappa shape index (κ1) is 18.4. The lowest BCUT2D eigenvalue weighted by Crippen LogP contribution is -2.28. The Morgan fingerprint density at radius 3 is 2.36 bits per heavy atom. The van der Waals surface area contributed by atoms with Crippen molar-refractivity contribution in [2.45, 2.75) is 33.1 Å². The van der Waals surface area contributed by atoms with Gasteiger partial charge in [0.05, 0.1) is 10.5 Å². The molecular formula is C15H15F3N4O3. The molecule has 134 valence electrons. The Labute approximate surface area is 140 Å². The minimum Gasteiger partial charge on any atom is -0.350 e. The van der Waals surface area contributed by atoms with Crippen LogP contribution >= 0.6 is 0 Å². The van der Waals surface area contributed by atoms with E-state index < -0.39 is 22.6 Å². The summed E-state index contributed by atoms with van der Waals surface area (Å²) in [7, 11) is 0. The van der Waals surface area contributed by atoms with E-state index in [0.29, 0.717) is 5.56 Å². The maximum atomic E-state index is 12.5. The van der Waals surface area contributed by atoms with Crippen molar-refractivity contribution in [2.75, 3.05) is 0 Å². The van der Waals surface area contributed by atoms with E-state index in [0.717, 1.165) is 12.1 Å². The molecule has 0 aliphatic heterocycles. The highest BCUT2D eigenvalue weighted by Crippen LogP contribution is 2.29. The highest BCUT2D eigenvalue weighted by molar-refractivity contribution is 5.75. The molecule has 0 unspecified atom stereocenters. The number of rotatable bonds is 5. The zero-order valence-electron chi connectivity index (χ0n) is 13.4. The summed E-state index contributed by atoms with van der Waals surface area (Å²) in [5.74, 6) is -0.458. The third-order valence-corrected chi connectivity index (χ3v) is 3.59. The van der Waals surface area contributed by atoms with Gasteiger partial charge in [0.2, 0.25) is 5.91 Å². The predicted octanol–water partition coefficient (Wildman–Crippen LogP) is 2.74. The van der Waals surface area contributed by atoms with Crippen molar-refractivity contribution in [1.29, 1.82) is 0 Å². The Morgan fingerprint density at radius 1 is 1.28 bits per heavy atom. The van der Waals surface area contributed by atoms with E-state index in [9.17, 15) is 28.1 Å². The summed E-state index contributed by atoms with van der Waals surface area (Å²) < 4.78 is 38.7. The highest BCUT2D eigenvalue weighted by atomic mass is 19.4. The first-order valence-electron chi connectivity index (χ1n) is 7.21. The van der Waals surface area contributed by atoms with Crippen molar-refractivity contribution < 1.29 is 22.9 Å². The molecule has 25 heavy (non-hydrogen) atoms. The Hall–Kier alpha value is -2.91. The zero-order chi connectivity index (χ0) is 18.8. The van der Waals surface area contributed by atoms with Gasteiger partial charge < -0.3 is 5.32 Å². The third-order valence-electron chi connectivity index (χ3n) is 3.59. The lowest BCUT2D eigenvalue weighted by atomic mass is 10.1. The number of aromatic nitrogens is 2. The normalized spacial score (nSPS) is 11.4. The van der Waals surface area contributed by atoms with E-state index in [2.05, 4.69) is 10.4 Å². The van der Waals surface area contributed by atoms with Gasteiger partial charge in [-0.25, -0.2) is 0 Å². The fraction of sp³-hybridized carbons (Fsp3) is 0.333. The van der Waals surface area contributed by atoms with Crippen LogP contribution in [0.4, 0.5) is 18.9 Å². The number of aryl methyl sites for hydroxylation is 1. The first-order chi connectivity index (χ1) is 11.6. The molecule has 1 aromatic carbocycles. The summed E-state index contributed by atoms with van der Waals surface area (Å²) >= 11 is 0. The second-order valence-electron chi connectivity index (χ2n) is 5.41. The lowest BCUT2D eigenvalue weighted by molar-refractivity contribution is -0.386. The van der Waals surface area contributed by atoms with Gasteiger partial charge in [-0.2, -0.15) is 18.3 Å². The fourth-order valence-corrected chi connectivity index (χ4v) is 2.31. The van der Waals surface area contributed by atoms with Gasteiger partial charge in [0, 0.05) is 6.54 Å². The van der Waals surface area contributed by atoms with Crippen molar-refractivity contribution in [2.24, 2.45) is 0 Å². The van der Waals surface area contributed by atoms with Gasteiger partial charge in [-0.05, 0) is 31.5 Å². The van der Waals surface area contributed by atoms with Crippen molar-refractivity contribution in [1.82, 2.24) is 15.1 Å². The standard InChI is InChI=1S/C15H15F3N4O3/c1-9-14(22(24)25)10(2)21(20-9)8-13(23)19-7-11-3-5-12(6-4-11)15(16,17)18/h3-6H,7-8H2,1-2H3,(H,19,23). The molecule has 0 saturated carbocycles. The maximum Gasteiger partial charge on any atom is 0.416 e. The quantitative estimate of drug-likeness (QED) is 0.659. The molecule has 1 heterocycles. The van der Waals surface area contributed by atoms with Crippen LogP contribution in [0.25, 0.3) is 0 Å². The molecule has 0 saturated heterocycles. The van der Waals surface area contributed by atoms with Crippen LogP contribution in [0.3, 0.4) is 0 Å². The Kier molecular flexibility index (Phi) is 5.10.